The topological polar surface area (TPSA) is 46.2 Å². The van der Waals surface area contributed by atoms with Crippen molar-refractivity contribution in [1.82, 2.24) is 0 Å². The highest BCUT2D eigenvalue weighted by Crippen LogP contribution is 2.22. The summed E-state index contributed by atoms with van der Waals surface area (Å²) in [7, 11) is 3.30. The molecule has 0 heterocycles. The molecule has 0 N–H and O–H groups in total. The fourth-order valence-electron chi connectivity index (χ4n) is 1.55. The maximum Gasteiger partial charge on any atom is 0.119 e. The Kier molecular flexibility index (Phi) is 10.5. The van der Waals surface area contributed by atoms with Crippen molar-refractivity contribution in [1.29, 1.82) is 0 Å². The van der Waals surface area contributed by atoms with Crippen LogP contribution in [0.3, 0.4) is 0 Å². The standard InChI is InChI=1S/C15H23BrO5/c1-17-5-6-19-7-8-20-9-10-21-12-13-11-14(18-2)3-4-15(13)16/h3-4,11H,5-10,12H2,1-2H3. The van der Waals surface area contributed by atoms with E-state index in [1.165, 1.54) is 0 Å². The van der Waals surface area contributed by atoms with Gasteiger partial charge in [0.1, 0.15) is 5.75 Å². The second-order valence-electron chi connectivity index (χ2n) is 4.23. The van der Waals surface area contributed by atoms with E-state index >= 15 is 0 Å². The predicted octanol–water partition coefficient (Wildman–Crippen LogP) is 2.65. The zero-order valence-corrected chi connectivity index (χ0v) is 14.2. The van der Waals surface area contributed by atoms with Crippen LogP contribution in [0, 0.1) is 0 Å². The average molecular weight is 363 g/mol. The zero-order valence-electron chi connectivity index (χ0n) is 12.6. The van der Waals surface area contributed by atoms with Gasteiger partial charge in [0.05, 0.1) is 53.4 Å². The molecular weight excluding hydrogens is 340 g/mol. The van der Waals surface area contributed by atoms with Gasteiger partial charge in [-0.3, -0.25) is 0 Å². The summed E-state index contributed by atoms with van der Waals surface area (Å²) in [5.41, 5.74) is 1.05. The number of ether oxygens (including phenoxy) is 5. The van der Waals surface area contributed by atoms with Crippen molar-refractivity contribution in [2.75, 3.05) is 53.9 Å². The van der Waals surface area contributed by atoms with E-state index in [0.717, 1.165) is 15.8 Å². The Morgan fingerprint density at radius 2 is 1.48 bits per heavy atom. The van der Waals surface area contributed by atoms with E-state index in [0.29, 0.717) is 46.2 Å². The van der Waals surface area contributed by atoms with E-state index < -0.39 is 0 Å². The number of rotatable bonds is 12. The first-order valence-corrected chi connectivity index (χ1v) is 7.61. The highest BCUT2D eigenvalue weighted by Gasteiger charge is 2.02. The molecule has 0 saturated carbocycles. The number of halogens is 1. The Balaban J connectivity index is 2.04. The number of methoxy groups -OCH3 is 2. The Morgan fingerprint density at radius 1 is 0.857 bits per heavy atom. The first-order chi connectivity index (χ1) is 10.3. The average Bonchev–Trinajstić information content (AvgIpc) is 2.51. The molecule has 0 spiro atoms. The zero-order chi connectivity index (χ0) is 15.3. The van der Waals surface area contributed by atoms with Gasteiger partial charge in [-0.15, -0.1) is 0 Å². The normalized spacial score (nSPS) is 10.8. The van der Waals surface area contributed by atoms with E-state index in [-0.39, 0.29) is 0 Å². The van der Waals surface area contributed by atoms with Gasteiger partial charge >= 0.3 is 0 Å². The maximum atomic E-state index is 5.57. The van der Waals surface area contributed by atoms with Gasteiger partial charge in [0.25, 0.3) is 0 Å². The molecule has 0 unspecified atom stereocenters. The molecule has 0 aliphatic heterocycles. The van der Waals surface area contributed by atoms with E-state index in [4.69, 9.17) is 23.7 Å². The largest absolute Gasteiger partial charge is 0.497 e. The molecule has 1 rings (SSSR count). The van der Waals surface area contributed by atoms with Crippen LogP contribution in [-0.2, 0) is 25.6 Å². The molecule has 0 saturated heterocycles. The predicted molar refractivity (Wildman–Crippen MR) is 83.9 cm³/mol. The molecule has 21 heavy (non-hydrogen) atoms. The first kappa shape index (κ1) is 18.4. The van der Waals surface area contributed by atoms with Crippen molar-refractivity contribution in [2.45, 2.75) is 6.61 Å². The van der Waals surface area contributed by atoms with Gasteiger partial charge in [-0.25, -0.2) is 0 Å². The fraction of sp³-hybridized carbons (Fsp3) is 0.600. The molecule has 0 amide bonds. The maximum absolute atomic E-state index is 5.57. The van der Waals surface area contributed by atoms with Crippen LogP contribution < -0.4 is 4.74 Å². The van der Waals surface area contributed by atoms with Crippen LogP contribution in [0.25, 0.3) is 0 Å². The van der Waals surface area contributed by atoms with Gasteiger partial charge in [-0.05, 0) is 23.8 Å². The van der Waals surface area contributed by atoms with Crippen LogP contribution in [0.15, 0.2) is 22.7 Å². The van der Waals surface area contributed by atoms with Gasteiger partial charge in [0, 0.05) is 11.6 Å². The van der Waals surface area contributed by atoms with Crippen molar-refractivity contribution in [2.24, 2.45) is 0 Å². The third-order valence-electron chi connectivity index (χ3n) is 2.69. The molecule has 1 aromatic rings. The fourth-order valence-corrected chi connectivity index (χ4v) is 1.91. The summed E-state index contributed by atoms with van der Waals surface area (Å²) < 4.78 is 27.3. The van der Waals surface area contributed by atoms with Gasteiger partial charge in [-0.1, -0.05) is 15.9 Å². The summed E-state index contributed by atoms with van der Waals surface area (Å²) in [4.78, 5) is 0. The second kappa shape index (κ2) is 11.9. The Labute approximate surface area is 134 Å². The molecule has 1 aromatic carbocycles. The van der Waals surface area contributed by atoms with E-state index in [2.05, 4.69) is 15.9 Å². The highest BCUT2D eigenvalue weighted by molar-refractivity contribution is 9.10. The number of benzene rings is 1. The molecule has 0 atom stereocenters. The molecular formula is C15H23BrO5. The smallest absolute Gasteiger partial charge is 0.119 e. The SMILES string of the molecule is COCCOCCOCCOCc1cc(OC)ccc1Br. The van der Waals surface area contributed by atoms with Crippen LogP contribution in [0.2, 0.25) is 0 Å². The van der Waals surface area contributed by atoms with Crippen LogP contribution in [0.1, 0.15) is 5.56 Å². The third-order valence-corrected chi connectivity index (χ3v) is 3.46. The lowest BCUT2D eigenvalue weighted by atomic mass is 10.2. The Hall–Kier alpha value is -0.660. The molecule has 0 aliphatic carbocycles. The van der Waals surface area contributed by atoms with Crippen LogP contribution in [-0.4, -0.2) is 53.9 Å². The van der Waals surface area contributed by atoms with E-state index in [1.807, 2.05) is 18.2 Å². The van der Waals surface area contributed by atoms with Gasteiger partial charge in [-0.2, -0.15) is 0 Å². The van der Waals surface area contributed by atoms with Gasteiger partial charge < -0.3 is 23.7 Å². The molecule has 120 valence electrons. The monoisotopic (exact) mass is 362 g/mol. The minimum Gasteiger partial charge on any atom is -0.497 e. The quantitative estimate of drug-likeness (QED) is 0.535. The summed E-state index contributed by atoms with van der Waals surface area (Å²) in [6.45, 7) is 3.96. The molecule has 0 aromatic heterocycles. The molecule has 5 nitrogen and oxygen atoms in total. The van der Waals surface area contributed by atoms with E-state index in [9.17, 15) is 0 Å². The number of hydrogen-bond acceptors (Lipinski definition) is 5. The lowest BCUT2D eigenvalue weighted by Gasteiger charge is -2.09. The summed E-state index contributed by atoms with van der Waals surface area (Å²) in [5.74, 6) is 0.821. The van der Waals surface area contributed by atoms with Crippen molar-refractivity contribution in [3.63, 3.8) is 0 Å². The molecule has 6 heteroatoms. The molecule has 0 aliphatic rings. The summed E-state index contributed by atoms with van der Waals surface area (Å²) >= 11 is 3.49. The van der Waals surface area contributed by atoms with Gasteiger partial charge in [0.2, 0.25) is 0 Å². The van der Waals surface area contributed by atoms with E-state index in [1.54, 1.807) is 14.2 Å². The minimum absolute atomic E-state index is 0.519. The van der Waals surface area contributed by atoms with Gasteiger partial charge in [0.15, 0.2) is 0 Å². The summed E-state index contributed by atoms with van der Waals surface area (Å²) in [6, 6.07) is 5.81. The first-order valence-electron chi connectivity index (χ1n) is 6.82. The third kappa shape index (κ3) is 8.38. The lowest BCUT2D eigenvalue weighted by Crippen LogP contribution is -2.11. The van der Waals surface area contributed by atoms with Crippen LogP contribution in [0.4, 0.5) is 0 Å². The minimum atomic E-state index is 0.519. The second-order valence-corrected chi connectivity index (χ2v) is 5.08. The van der Waals surface area contributed by atoms with Crippen LogP contribution in [0.5, 0.6) is 5.75 Å². The molecule has 0 radical (unpaired) electrons. The van der Waals surface area contributed by atoms with Crippen molar-refractivity contribution >= 4 is 15.9 Å². The summed E-state index contributed by atoms with van der Waals surface area (Å²) in [6.07, 6.45) is 0. The van der Waals surface area contributed by atoms with Crippen molar-refractivity contribution in [3.8, 4) is 5.75 Å². The van der Waals surface area contributed by atoms with Crippen molar-refractivity contribution in [3.05, 3.63) is 28.2 Å². The Morgan fingerprint density at radius 3 is 2.10 bits per heavy atom. The highest BCUT2D eigenvalue weighted by atomic mass is 79.9. The van der Waals surface area contributed by atoms with Crippen molar-refractivity contribution < 1.29 is 23.7 Å². The molecule has 0 fully saturated rings. The molecule has 0 bridgehead atoms. The van der Waals surface area contributed by atoms with Crippen LogP contribution >= 0.6 is 15.9 Å². The number of hydrogen-bond donors (Lipinski definition) is 0. The lowest BCUT2D eigenvalue weighted by molar-refractivity contribution is 0.000788. The summed E-state index contributed by atoms with van der Waals surface area (Å²) in [5, 5.41) is 0. The Bertz CT molecular complexity index is 386.